The van der Waals surface area contributed by atoms with Crippen LogP contribution in [0.1, 0.15) is 38.5 Å². The average Bonchev–Trinajstić information content (AvgIpc) is 2.97. The van der Waals surface area contributed by atoms with Crippen molar-refractivity contribution in [3.05, 3.63) is 30.0 Å². The van der Waals surface area contributed by atoms with E-state index in [1.807, 2.05) is 38.1 Å². The molecule has 2 aromatic rings. The number of carbonyl (C=O) groups excluding carboxylic acids is 1. The molecule has 2 amide bonds. The number of nitrogens with one attached hydrogen (secondary N) is 2. The predicted molar refractivity (Wildman–Crippen MR) is 89.2 cm³/mol. The maximum absolute atomic E-state index is 11.8. The lowest BCUT2D eigenvalue weighted by molar-refractivity contribution is -0.137. The normalized spacial score (nSPS) is 11.9. The Labute approximate surface area is 140 Å². The summed E-state index contributed by atoms with van der Waals surface area (Å²) in [6.45, 7) is 4.57. The highest BCUT2D eigenvalue weighted by Gasteiger charge is 2.16. The van der Waals surface area contributed by atoms with Crippen molar-refractivity contribution in [3.63, 3.8) is 0 Å². The van der Waals surface area contributed by atoms with Crippen molar-refractivity contribution in [2.75, 3.05) is 13.2 Å². The second-order valence-corrected chi connectivity index (χ2v) is 5.38. The van der Waals surface area contributed by atoms with Gasteiger partial charge in [0.1, 0.15) is 5.76 Å². The Morgan fingerprint density at radius 1 is 1.38 bits per heavy atom. The van der Waals surface area contributed by atoms with E-state index in [2.05, 4.69) is 10.6 Å². The molecule has 0 aliphatic carbocycles. The number of carboxylic acid groups (broad SMARTS) is 1. The fourth-order valence-electron chi connectivity index (χ4n) is 2.30. The smallest absolute Gasteiger partial charge is 0.315 e. The van der Waals surface area contributed by atoms with E-state index in [1.54, 1.807) is 0 Å². The maximum atomic E-state index is 11.8. The molecule has 0 aliphatic heterocycles. The van der Waals surface area contributed by atoms with Crippen LogP contribution < -0.4 is 15.4 Å². The number of rotatable bonds is 8. The molecule has 1 heterocycles. The van der Waals surface area contributed by atoms with Crippen molar-refractivity contribution in [2.24, 2.45) is 0 Å². The number of fused-ring (bicyclic) bond motifs is 1. The van der Waals surface area contributed by atoms with Gasteiger partial charge in [0.25, 0.3) is 0 Å². The summed E-state index contributed by atoms with van der Waals surface area (Å²) >= 11 is 0. The third kappa shape index (κ3) is 4.65. The Kier molecular flexibility index (Phi) is 6.06. The number of ether oxygens (including phenoxy) is 1. The lowest BCUT2D eigenvalue weighted by Gasteiger charge is -2.12. The van der Waals surface area contributed by atoms with Crippen LogP contribution in [0.4, 0.5) is 4.79 Å². The Bertz CT molecular complexity index is 710. The summed E-state index contributed by atoms with van der Waals surface area (Å²) in [4.78, 5) is 22.2. The van der Waals surface area contributed by atoms with E-state index in [1.165, 1.54) is 0 Å². The second-order valence-electron chi connectivity index (χ2n) is 5.38. The zero-order valence-electron chi connectivity index (χ0n) is 13.8. The molecular formula is C17H22N2O5. The van der Waals surface area contributed by atoms with E-state index in [4.69, 9.17) is 14.3 Å². The Morgan fingerprint density at radius 2 is 2.17 bits per heavy atom. The summed E-state index contributed by atoms with van der Waals surface area (Å²) < 4.78 is 11.4. The number of benzene rings is 1. The highest BCUT2D eigenvalue weighted by Crippen LogP contribution is 2.31. The number of para-hydroxylation sites is 1. The second kappa shape index (κ2) is 8.24. The summed E-state index contributed by atoms with van der Waals surface area (Å²) in [7, 11) is 0. The molecule has 24 heavy (non-hydrogen) atoms. The van der Waals surface area contributed by atoms with E-state index >= 15 is 0 Å². The van der Waals surface area contributed by atoms with Crippen LogP contribution >= 0.6 is 0 Å². The Morgan fingerprint density at radius 3 is 2.88 bits per heavy atom. The van der Waals surface area contributed by atoms with Crippen molar-refractivity contribution in [2.45, 2.75) is 32.7 Å². The molecule has 0 spiro atoms. The zero-order valence-corrected chi connectivity index (χ0v) is 13.8. The first-order valence-corrected chi connectivity index (χ1v) is 7.92. The van der Waals surface area contributed by atoms with Crippen LogP contribution in [0, 0.1) is 0 Å². The first-order chi connectivity index (χ1) is 11.5. The van der Waals surface area contributed by atoms with Gasteiger partial charge >= 0.3 is 12.0 Å². The van der Waals surface area contributed by atoms with Gasteiger partial charge in [-0.25, -0.2) is 4.79 Å². The van der Waals surface area contributed by atoms with Crippen molar-refractivity contribution in [1.29, 1.82) is 0 Å². The molecular weight excluding hydrogens is 312 g/mol. The van der Waals surface area contributed by atoms with Gasteiger partial charge in [-0.2, -0.15) is 0 Å². The molecule has 1 atom stereocenters. The molecule has 7 nitrogen and oxygen atoms in total. The van der Waals surface area contributed by atoms with Gasteiger partial charge in [0.15, 0.2) is 11.3 Å². The minimum Gasteiger partial charge on any atom is -0.490 e. The molecule has 130 valence electrons. The zero-order chi connectivity index (χ0) is 17.5. The van der Waals surface area contributed by atoms with Crippen LogP contribution in [0.3, 0.4) is 0 Å². The average molecular weight is 334 g/mol. The van der Waals surface area contributed by atoms with Gasteiger partial charge in [-0.1, -0.05) is 12.1 Å². The molecule has 0 saturated carbocycles. The highest BCUT2D eigenvalue weighted by molar-refractivity contribution is 5.84. The molecule has 0 radical (unpaired) electrons. The predicted octanol–water partition coefficient (Wildman–Crippen LogP) is 3.06. The fourth-order valence-corrected chi connectivity index (χ4v) is 2.30. The molecule has 2 rings (SSSR count). The number of carboxylic acids is 1. The summed E-state index contributed by atoms with van der Waals surface area (Å²) in [6.07, 6.45) is 0.416. The molecule has 0 fully saturated rings. The fraction of sp³-hybridized carbons (Fsp3) is 0.412. The number of amides is 2. The lowest BCUT2D eigenvalue weighted by atomic mass is 10.2. The number of aliphatic carboxylic acids is 1. The first kappa shape index (κ1) is 17.7. The van der Waals surface area contributed by atoms with Gasteiger partial charge in [-0.05, 0) is 32.4 Å². The van der Waals surface area contributed by atoms with Gasteiger partial charge in [-0.15, -0.1) is 0 Å². The maximum Gasteiger partial charge on any atom is 0.315 e. The van der Waals surface area contributed by atoms with Crippen LogP contribution in [-0.4, -0.2) is 30.3 Å². The van der Waals surface area contributed by atoms with E-state index in [-0.39, 0.29) is 18.5 Å². The van der Waals surface area contributed by atoms with Crippen LogP contribution in [-0.2, 0) is 4.79 Å². The van der Waals surface area contributed by atoms with Crippen LogP contribution in [0.5, 0.6) is 5.75 Å². The largest absolute Gasteiger partial charge is 0.490 e. The third-order valence-electron chi connectivity index (χ3n) is 3.45. The number of carbonyl (C=O) groups is 2. The van der Waals surface area contributed by atoms with Gasteiger partial charge in [0, 0.05) is 18.4 Å². The standard InChI is InChI=1S/C17H22N2O5/c1-3-23-13-7-4-6-12-10-14(24-16(12)13)11(2)19-17(22)18-9-5-8-15(20)21/h4,6-7,10-11H,3,5,8-9H2,1-2H3,(H,20,21)(H2,18,19,22). The van der Waals surface area contributed by atoms with E-state index in [0.29, 0.717) is 36.7 Å². The monoisotopic (exact) mass is 334 g/mol. The molecule has 3 N–H and O–H groups in total. The lowest BCUT2D eigenvalue weighted by Crippen LogP contribution is -2.37. The molecule has 0 bridgehead atoms. The Hall–Kier alpha value is -2.70. The van der Waals surface area contributed by atoms with Crippen LogP contribution in [0.2, 0.25) is 0 Å². The number of furan rings is 1. The Balaban J connectivity index is 1.95. The van der Waals surface area contributed by atoms with Crippen molar-refractivity contribution >= 4 is 23.0 Å². The molecule has 1 aromatic carbocycles. The summed E-state index contributed by atoms with van der Waals surface area (Å²) in [5.41, 5.74) is 0.657. The minimum atomic E-state index is -0.877. The van der Waals surface area contributed by atoms with Gasteiger partial charge in [-0.3, -0.25) is 4.79 Å². The molecule has 1 aromatic heterocycles. The first-order valence-electron chi connectivity index (χ1n) is 7.92. The van der Waals surface area contributed by atoms with Crippen LogP contribution in [0.25, 0.3) is 11.0 Å². The molecule has 7 heteroatoms. The van der Waals surface area contributed by atoms with Gasteiger partial charge in [0.2, 0.25) is 0 Å². The van der Waals surface area contributed by atoms with Gasteiger partial charge < -0.3 is 24.9 Å². The van der Waals surface area contributed by atoms with E-state index in [0.717, 1.165) is 5.39 Å². The topological polar surface area (TPSA) is 101 Å². The van der Waals surface area contributed by atoms with Crippen molar-refractivity contribution in [1.82, 2.24) is 10.6 Å². The molecule has 0 saturated heterocycles. The quantitative estimate of drug-likeness (QED) is 0.644. The van der Waals surface area contributed by atoms with Crippen LogP contribution in [0.15, 0.2) is 28.7 Å². The van der Waals surface area contributed by atoms with Crippen molar-refractivity contribution in [3.8, 4) is 5.75 Å². The summed E-state index contributed by atoms with van der Waals surface area (Å²) in [6, 6.07) is 6.83. The third-order valence-corrected chi connectivity index (χ3v) is 3.45. The molecule has 0 aliphatic rings. The SMILES string of the molecule is CCOc1cccc2cc(C(C)NC(=O)NCCCC(=O)O)oc12. The van der Waals surface area contributed by atoms with E-state index in [9.17, 15) is 9.59 Å². The van der Waals surface area contributed by atoms with Crippen molar-refractivity contribution < 1.29 is 23.8 Å². The van der Waals surface area contributed by atoms with E-state index < -0.39 is 5.97 Å². The summed E-state index contributed by atoms with van der Waals surface area (Å²) in [5, 5.41) is 14.8. The number of hydrogen-bond acceptors (Lipinski definition) is 4. The molecule has 1 unspecified atom stereocenters. The van der Waals surface area contributed by atoms with Gasteiger partial charge in [0.05, 0.1) is 12.6 Å². The highest BCUT2D eigenvalue weighted by atomic mass is 16.5. The number of urea groups is 1. The minimum absolute atomic E-state index is 0.0274. The summed E-state index contributed by atoms with van der Waals surface area (Å²) in [5.74, 6) is 0.419. The number of hydrogen-bond donors (Lipinski definition) is 3.